The number of nitrogens with two attached hydrogens (primary N) is 2. The summed E-state index contributed by atoms with van der Waals surface area (Å²) in [6.45, 7) is 12.8. The van der Waals surface area contributed by atoms with Crippen molar-refractivity contribution in [2.24, 2.45) is 0 Å². The van der Waals surface area contributed by atoms with Crippen molar-refractivity contribution >= 4 is 115 Å². The molecule has 0 unspecified atom stereocenters. The van der Waals surface area contributed by atoms with E-state index < -0.39 is 29.6 Å². The summed E-state index contributed by atoms with van der Waals surface area (Å²) in [7, 11) is 6.35. The smallest absolute Gasteiger partial charge is 0.418 e. The standard InChI is InChI=1S/C13H18N2O4.C10H9NO2.C9H9NO3.C9H8O2.C8H7ClF3N.C8H7NO2S.C7H7Cl2N/c1-9-6-10(18-12(16)14(2)3)8-11(7-9)19-13(17)15(4)5;1-6-2-4-8(12)10-7(6)3-5-9(13)11-10;1-5-2-3-6(11)8-9(5)13-4-7(12)10-8;1-7-2-8(5-10)4-9(3-7)6-11;1-4-2-5(8(10,11)12)7(13)6(9)3-4;1-4-2-3-5(10)6-7(4)12-8(11)9-6;1-4-2-5(8)7(10)6(9)3-4/h6-8H,1-5H3;2-5,12H,1H3,(H,11,13);2-3,11H,4H2,1H3,(H,10,12);2-6H,1H3;2-3H,13H2,1H3;2-3,10H,1H3,(H,9,11);2-3H,10H2,1H3. The number of nitrogens with zero attached hydrogens (tertiary/aromatic N) is 2. The summed E-state index contributed by atoms with van der Waals surface area (Å²) in [5.74, 6) is 1.26. The summed E-state index contributed by atoms with van der Waals surface area (Å²) in [5, 5.41) is 32.6. The number of nitrogens with one attached hydrogen (secondary N) is 3. The topological polar surface area (TPSA) is 310 Å². The largest absolute Gasteiger partial charge is 0.506 e. The molecule has 2 aromatic heterocycles. The van der Waals surface area contributed by atoms with Crippen LogP contribution >= 0.6 is 46.1 Å². The Kier molecular flexibility index (Phi) is 26.9. The number of halogens is 6. The van der Waals surface area contributed by atoms with E-state index >= 15 is 0 Å². The fourth-order valence-corrected chi connectivity index (χ4v) is 9.42. The Morgan fingerprint density at radius 1 is 0.593 bits per heavy atom. The van der Waals surface area contributed by atoms with E-state index in [1.54, 1.807) is 101 Å². The SMILES string of the molecule is Cc1cc(C=O)cc(C=O)c1.Cc1cc(Cl)c(N)c(C(F)(F)F)c1.Cc1cc(Cl)c(N)c(Cl)c1.Cc1cc(OC(=O)N(C)C)cc(OC(=O)N(C)C)c1.Cc1ccc(O)c2[nH]c(=O)ccc12.Cc1ccc(O)c2[nH]c(=O)sc12.Cc1ccc(O)c2c1OCC(=O)N2. The van der Waals surface area contributed by atoms with Crippen molar-refractivity contribution in [1.82, 2.24) is 19.8 Å². The molecule has 10 rings (SSSR count). The molecule has 0 bridgehead atoms. The minimum Gasteiger partial charge on any atom is -0.506 e. The monoisotopic (exact) mass is 1330 g/mol. The lowest BCUT2D eigenvalue weighted by Gasteiger charge is -2.20. The van der Waals surface area contributed by atoms with Crippen LogP contribution in [0.25, 0.3) is 21.1 Å². The Bertz CT molecular complexity index is 4120. The highest BCUT2D eigenvalue weighted by molar-refractivity contribution is 7.16. The Hall–Kier alpha value is -9.75. The lowest BCUT2D eigenvalue weighted by atomic mass is 10.1. The second kappa shape index (κ2) is 33.2. The van der Waals surface area contributed by atoms with Gasteiger partial charge in [-0.2, -0.15) is 13.2 Å². The Labute approximate surface area is 539 Å². The Morgan fingerprint density at radius 2 is 1.05 bits per heavy atom. The molecule has 0 spiro atoms. The van der Waals surface area contributed by atoms with Crippen LogP contribution in [0, 0.1) is 48.5 Å². The fourth-order valence-electron chi connectivity index (χ4n) is 7.72. The molecule has 3 heterocycles. The zero-order valence-corrected chi connectivity index (χ0v) is 54.0. The van der Waals surface area contributed by atoms with Gasteiger partial charge in [-0.1, -0.05) is 64.3 Å². The van der Waals surface area contributed by atoms with Gasteiger partial charge in [-0.25, -0.2) is 9.59 Å². The maximum atomic E-state index is 12.3. The molecule has 482 valence electrons. The summed E-state index contributed by atoms with van der Waals surface area (Å²) in [4.78, 5) is 84.1. The number of benzene rings is 7. The summed E-state index contributed by atoms with van der Waals surface area (Å²) in [5.41, 5.74) is 18.3. The number of anilines is 3. The number of hydrogen-bond donors (Lipinski definition) is 8. The van der Waals surface area contributed by atoms with Gasteiger partial charge < -0.3 is 66.1 Å². The number of alkyl halides is 3. The van der Waals surface area contributed by atoms with Gasteiger partial charge in [0.15, 0.2) is 6.61 Å². The number of aldehydes is 2. The van der Waals surface area contributed by atoms with E-state index in [9.17, 15) is 62.1 Å². The first-order chi connectivity index (χ1) is 42.5. The number of fused-ring (bicyclic) bond motifs is 3. The number of rotatable bonds is 4. The molecule has 27 heteroatoms. The number of aryl methyl sites for hydroxylation is 7. The molecular formula is C64H65Cl3F3N7O13S. The molecule has 0 fully saturated rings. The van der Waals surface area contributed by atoms with E-state index in [1.807, 2.05) is 47.6 Å². The third kappa shape index (κ3) is 22.1. The van der Waals surface area contributed by atoms with Crippen LogP contribution in [0.1, 0.15) is 65.2 Å². The number of pyridine rings is 1. The number of carbonyl (C=O) groups excluding carboxylic acids is 5. The first kappa shape index (κ1) is 73.7. The van der Waals surface area contributed by atoms with Gasteiger partial charge in [0.1, 0.15) is 58.3 Å². The maximum Gasteiger partial charge on any atom is 0.418 e. The van der Waals surface area contributed by atoms with E-state index in [-0.39, 0.29) is 45.2 Å². The number of aromatic amines is 2. The normalized spacial score (nSPS) is 10.9. The van der Waals surface area contributed by atoms with Crippen molar-refractivity contribution in [3.05, 3.63) is 200 Å². The molecule has 7 aromatic carbocycles. The summed E-state index contributed by atoms with van der Waals surface area (Å²) in [6.07, 6.45) is -3.95. The van der Waals surface area contributed by atoms with Crippen molar-refractivity contribution in [1.29, 1.82) is 0 Å². The lowest BCUT2D eigenvalue weighted by Crippen LogP contribution is -2.26. The highest BCUT2D eigenvalue weighted by atomic mass is 35.5. The van der Waals surface area contributed by atoms with E-state index in [2.05, 4.69) is 15.3 Å². The summed E-state index contributed by atoms with van der Waals surface area (Å²) < 4.78 is 53.1. The number of hydrogen-bond acceptors (Lipinski definition) is 16. The van der Waals surface area contributed by atoms with Crippen molar-refractivity contribution < 1.29 is 66.7 Å². The number of thiazole rings is 1. The van der Waals surface area contributed by atoms with Crippen LogP contribution in [0.15, 0.2) is 119 Å². The minimum atomic E-state index is -4.44. The second-order valence-corrected chi connectivity index (χ2v) is 22.5. The number of ether oxygens (including phenoxy) is 3. The molecule has 20 nitrogen and oxygen atoms in total. The van der Waals surface area contributed by atoms with Gasteiger partial charge in [-0.05, 0) is 166 Å². The number of nitrogen functional groups attached to an aromatic ring is 2. The number of carbonyl (C=O) groups is 5. The maximum absolute atomic E-state index is 12.3. The van der Waals surface area contributed by atoms with Gasteiger partial charge >= 0.3 is 23.2 Å². The highest BCUT2D eigenvalue weighted by Gasteiger charge is 2.34. The summed E-state index contributed by atoms with van der Waals surface area (Å²) >= 11 is 18.0. The molecular weight excluding hydrogens is 1270 g/mol. The molecule has 10 N–H and O–H groups in total. The van der Waals surface area contributed by atoms with Gasteiger partial charge in [0.25, 0.3) is 5.91 Å². The molecule has 0 atom stereocenters. The average Bonchev–Trinajstić information content (AvgIpc) is 1.78. The number of amides is 3. The number of aromatic hydroxyl groups is 3. The molecule has 0 saturated carbocycles. The third-order valence-corrected chi connectivity index (χ3v) is 14.1. The number of phenols is 3. The van der Waals surface area contributed by atoms with Gasteiger partial charge in [-0.15, -0.1) is 0 Å². The van der Waals surface area contributed by atoms with Crippen molar-refractivity contribution in [3.8, 4) is 34.5 Å². The van der Waals surface area contributed by atoms with Gasteiger partial charge in [-0.3, -0.25) is 24.0 Å². The first-order valence-corrected chi connectivity index (χ1v) is 28.6. The predicted octanol–water partition coefficient (Wildman–Crippen LogP) is 14.0. The number of phenolic OH excluding ortho intramolecular Hbond substituents is 3. The number of H-pyrrole nitrogens is 2. The lowest BCUT2D eigenvalue weighted by molar-refractivity contribution is -0.137. The van der Waals surface area contributed by atoms with Gasteiger partial charge in [0.2, 0.25) is 5.56 Å². The molecule has 91 heavy (non-hydrogen) atoms. The zero-order chi connectivity index (χ0) is 68.4. The van der Waals surface area contributed by atoms with Crippen molar-refractivity contribution in [2.75, 3.05) is 51.6 Å². The van der Waals surface area contributed by atoms with Crippen LogP contribution in [-0.4, -0.2) is 101 Å². The van der Waals surface area contributed by atoms with Crippen LogP contribution in [0.3, 0.4) is 0 Å². The zero-order valence-electron chi connectivity index (χ0n) is 50.9. The molecule has 1 aliphatic heterocycles. The first-order valence-electron chi connectivity index (χ1n) is 26.7. The van der Waals surface area contributed by atoms with E-state index in [1.165, 1.54) is 41.0 Å². The molecule has 1 aliphatic rings. The van der Waals surface area contributed by atoms with Crippen LogP contribution in [0.2, 0.25) is 15.1 Å². The van der Waals surface area contributed by atoms with E-state index in [0.717, 1.165) is 73.4 Å². The molecule has 0 radical (unpaired) electrons. The Morgan fingerprint density at radius 3 is 1.56 bits per heavy atom. The van der Waals surface area contributed by atoms with Crippen molar-refractivity contribution in [2.45, 2.75) is 54.6 Å². The van der Waals surface area contributed by atoms with Crippen LogP contribution in [0.5, 0.6) is 34.5 Å². The second-order valence-electron chi connectivity index (χ2n) is 20.3. The molecule has 0 aliphatic carbocycles. The predicted molar refractivity (Wildman–Crippen MR) is 351 cm³/mol. The molecule has 9 aromatic rings. The Balaban J connectivity index is 0.000000228. The fraction of sp³-hybridized carbons (Fsp3) is 0.203. The van der Waals surface area contributed by atoms with E-state index in [4.69, 9.17) is 60.5 Å². The van der Waals surface area contributed by atoms with Crippen LogP contribution in [0.4, 0.5) is 39.8 Å². The van der Waals surface area contributed by atoms with Gasteiger partial charge in [0, 0.05) is 56.8 Å². The molecule has 0 saturated heterocycles. The quantitative estimate of drug-likeness (QED) is 0.0461. The number of aromatic nitrogens is 2. The highest BCUT2D eigenvalue weighted by Crippen LogP contribution is 2.39. The minimum absolute atomic E-state index is 0.0112. The van der Waals surface area contributed by atoms with E-state index in [0.29, 0.717) is 66.4 Å². The van der Waals surface area contributed by atoms with Crippen LogP contribution < -0.4 is 41.4 Å². The summed E-state index contributed by atoms with van der Waals surface area (Å²) in [6, 6.07) is 29.0. The molecule has 3 amide bonds. The third-order valence-electron chi connectivity index (χ3n) is 12.2. The average molecular weight is 1340 g/mol. The van der Waals surface area contributed by atoms with Crippen LogP contribution in [-0.2, 0) is 11.0 Å². The van der Waals surface area contributed by atoms with Crippen molar-refractivity contribution in [3.63, 3.8) is 0 Å². The van der Waals surface area contributed by atoms with Gasteiger partial charge in [0.05, 0.1) is 42.2 Å².